The fraction of sp³-hybridized carbons (Fsp3) is 0.355. The molecule has 0 bridgehead atoms. The van der Waals surface area contributed by atoms with Gasteiger partial charge in [-0.1, -0.05) is 61.9 Å². The Hall–Kier alpha value is -3.85. The average Bonchev–Trinajstić information content (AvgIpc) is 2.96. The number of nitrogens with one attached hydrogen (secondary N) is 1. The van der Waals surface area contributed by atoms with Crippen LogP contribution in [0.5, 0.6) is 5.75 Å². The molecule has 3 aromatic rings. The number of ether oxygens (including phenoxy) is 1. The Morgan fingerprint density at radius 2 is 1.60 bits per heavy atom. The van der Waals surface area contributed by atoms with Gasteiger partial charge in [-0.2, -0.15) is 0 Å². The zero-order chi connectivity index (χ0) is 29.3. The Morgan fingerprint density at radius 3 is 2.20 bits per heavy atom. The summed E-state index contributed by atoms with van der Waals surface area (Å²) in [5, 5.41) is 2.98. The zero-order valence-corrected chi connectivity index (χ0v) is 24.6. The molecule has 3 rings (SSSR count). The van der Waals surface area contributed by atoms with Gasteiger partial charge in [-0.15, -0.1) is 0 Å². The van der Waals surface area contributed by atoms with E-state index in [2.05, 4.69) is 5.32 Å². The Balaban J connectivity index is 2.04. The minimum atomic E-state index is -4.09. The highest BCUT2D eigenvalue weighted by Crippen LogP contribution is 2.25. The molecule has 0 aliphatic carbocycles. The smallest absolute Gasteiger partial charge is 0.264 e. The van der Waals surface area contributed by atoms with Crippen molar-refractivity contribution in [3.8, 4) is 5.75 Å². The lowest BCUT2D eigenvalue weighted by molar-refractivity contribution is -0.140. The predicted octanol–water partition coefficient (Wildman–Crippen LogP) is 4.92. The first-order valence-corrected chi connectivity index (χ1v) is 14.9. The molecule has 214 valence electrons. The second-order valence-electron chi connectivity index (χ2n) is 9.78. The van der Waals surface area contributed by atoms with Crippen molar-refractivity contribution >= 4 is 27.5 Å². The van der Waals surface area contributed by atoms with E-state index in [1.165, 1.54) is 17.0 Å². The Kier molecular flexibility index (Phi) is 10.7. The molecule has 0 heterocycles. The molecule has 9 heteroatoms. The summed E-state index contributed by atoms with van der Waals surface area (Å²) in [5.74, 6) is -0.149. The van der Waals surface area contributed by atoms with Crippen LogP contribution in [0.15, 0.2) is 83.8 Å². The van der Waals surface area contributed by atoms with E-state index >= 15 is 0 Å². The van der Waals surface area contributed by atoms with Crippen molar-refractivity contribution in [3.63, 3.8) is 0 Å². The van der Waals surface area contributed by atoms with Crippen LogP contribution in [0.3, 0.4) is 0 Å². The summed E-state index contributed by atoms with van der Waals surface area (Å²) < 4.78 is 34.2. The number of anilines is 1. The average molecular weight is 566 g/mol. The summed E-state index contributed by atoms with van der Waals surface area (Å²) in [6.07, 6.45) is 1.09. The fourth-order valence-corrected chi connectivity index (χ4v) is 5.70. The number of carbonyl (C=O) groups is 2. The van der Waals surface area contributed by atoms with Crippen molar-refractivity contribution in [2.45, 2.75) is 64.1 Å². The van der Waals surface area contributed by atoms with Crippen molar-refractivity contribution in [3.05, 3.63) is 90.0 Å². The van der Waals surface area contributed by atoms with Gasteiger partial charge in [0.05, 0.1) is 17.7 Å². The predicted molar refractivity (Wildman–Crippen MR) is 158 cm³/mol. The topological polar surface area (TPSA) is 96.0 Å². The van der Waals surface area contributed by atoms with Crippen LogP contribution in [0.25, 0.3) is 0 Å². The summed E-state index contributed by atoms with van der Waals surface area (Å²) in [5.41, 5.74) is 2.04. The minimum absolute atomic E-state index is 0.0712. The lowest BCUT2D eigenvalue weighted by Crippen LogP contribution is -2.53. The molecule has 0 radical (unpaired) electrons. The first-order valence-electron chi connectivity index (χ1n) is 13.5. The summed E-state index contributed by atoms with van der Waals surface area (Å²) in [4.78, 5) is 29.0. The highest BCUT2D eigenvalue weighted by atomic mass is 32.2. The van der Waals surface area contributed by atoms with E-state index in [1.807, 2.05) is 39.8 Å². The quantitative estimate of drug-likeness (QED) is 0.317. The van der Waals surface area contributed by atoms with E-state index in [9.17, 15) is 18.0 Å². The normalized spacial score (nSPS) is 12.7. The second kappa shape index (κ2) is 14.0. The Bertz CT molecular complexity index is 1380. The van der Waals surface area contributed by atoms with Crippen LogP contribution in [0, 0.1) is 6.92 Å². The van der Waals surface area contributed by atoms with Crippen molar-refractivity contribution in [2.75, 3.05) is 18.0 Å². The number of para-hydroxylation sites is 1. The third-order valence-corrected chi connectivity index (χ3v) is 8.59. The largest absolute Gasteiger partial charge is 0.497 e. The lowest BCUT2D eigenvalue weighted by atomic mass is 10.1. The highest BCUT2D eigenvalue weighted by Gasteiger charge is 2.34. The summed E-state index contributed by atoms with van der Waals surface area (Å²) in [6, 6.07) is 21.4. The molecule has 2 amide bonds. The van der Waals surface area contributed by atoms with Crippen molar-refractivity contribution < 1.29 is 22.7 Å². The fourth-order valence-electron chi connectivity index (χ4n) is 4.29. The maximum Gasteiger partial charge on any atom is 0.264 e. The van der Waals surface area contributed by atoms with Gasteiger partial charge in [0.2, 0.25) is 11.8 Å². The van der Waals surface area contributed by atoms with Gasteiger partial charge in [0.25, 0.3) is 10.0 Å². The van der Waals surface area contributed by atoms with E-state index in [-0.39, 0.29) is 23.4 Å². The summed E-state index contributed by atoms with van der Waals surface area (Å²) >= 11 is 0. The third kappa shape index (κ3) is 7.63. The van der Waals surface area contributed by atoms with E-state index < -0.39 is 28.5 Å². The molecule has 0 aliphatic heterocycles. The number of hydrogen-bond acceptors (Lipinski definition) is 5. The van der Waals surface area contributed by atoms with Crippen molar-refractivity contribution in [1.29, 1.82) is 0 Å². The van der Waals surface area contributed by atoms with Gasteiger partial charge in [-0.05, 0) is 68.7 Å². The zero-order valence-electron chi connectivity index (χ0n) is 23.8. The van der Waals surface area contributed by atoms with Crippen LogP contribution < -0.4 is 14.4 Å². The number of nitrogens with zero attached hydrogens (tertiary/aromatic N) is 2. The van der Waals surface area contributed by atoms with Gasteiger partial charge >= 0.3 is 0 Å². The molecule has 0 aromatic heterocycles. The Labute approximate surface area is 238 Å². The molecule has 0 spiro atoms. The van der Waals surface area contributed by atoms with Crippen molar-refractivity contribution in [1.82, 2.24) is 10.2 Å². The van der Waals surface area contributed by atoms with Crippen LogP contribution in [-0.2, 0) is 26.2 Å². The van der Waals surface area contributed by atoms with Gasteiger partial charge in [-0.25, -0.2) is 8.42 Å². The van der Waals surface area contributed by atoms with Gasteiger partial charge in [-0.3, -0.25) is 13.9 Å². The number of aryl methyl sites for hydroxylation is 1. The van der Waals surface area contributed by atoms with E-state index in [0.717, 1.165) is 21.9 Å². The molecular weight excluding hydrogens is 526 g/mol. The SMILES string of the molecule is CC[C@H](C(=O)N[C@@H](C)CC)N(Cc1cccc(OC)c1)C(=O)CN(c1ccccc1)S(=O)(=O)c1ccc(C)cc1. The monoisotopic (exact) mass is 565 g/mol. The molecule has 1 N–H and O–H groups in total. The van der Waals surface area contributed by atoms with Gasteiger partial charge in [0, 0.05) is 12.6 Å². The first kappa shape index (κ1) is 30.7. The van der Waals surface area contributed by atoms with Crippen LogP contribution in [0.1, 0.15) is 44.7 Å². The minimum Gasteiger partial charge on any atom is -0.497 e. The molecule has 0 aliphatic rings. The molecule has 3 aromatic carbocycles. The number of sulfonamides is 1. The number of carbonyl (C=O) groups excluding carboxylic acids is 2. The number of methoxy groups -OCH3 is 1. The van der Waals surface area contributed by atoms with Gasteiger partial charge in [0.1, 0.15) is 18.3 Å². The maximum absolute atomic E-state index is 14.1. The molecular formula is C31H39N3O5S. The third-order valence-electron chi connectivity index (χ3n) is 6.81. The van der Waals surface area contributed by atoms with Crippen LogP contribution in [-0.4, -0.2) is 50.9 Å². The molecule has 0 saturated carbocycles. The van der Waals surface area contributed by atoms with E-state index in [0.29, 0.717) is 17.9 Å². The van der Waals surface area contributed by atoms with E-state index in [4.69, 9.17) is 4.74 Å². The summed E-state index contributed by atoms with van der Waals surface area (Å²) in [6.45, 7) is 7.22. The van der Waals surface area contributed by atoms with Crippen LogP contribution in [0.2, 0.25) is 0 Å². The van der Waals surface area contributed by atoms with Gasteiger partial charge in [0.15, 0.2) is 0 Å². The highest BCUT2D eigenvalue weighted by molar-refractivity contribution is 7.92. The number of hydrogen-bond donors (Lipinski definition) is 1. The summed E-state index contributed by atoms with van der Waals surface area (Å²) in [7, 11) is -2.53. The molecule has 2 atom stereocenters. The maximum atomic E-state index is 14.1. The molecule has 0 saturated heterocycles. The van der Waals surface area contributed by atoms with E-state index in [1.54, 1.807) is 61.7 Å². The standard InChI is InChI=1S/C31H39N3O5S/c1-6-24(4)32-31(36)29(7-2)33(21-25-12-11-15-27(20-25)39-5)30(35)22-34(26-13-9-8-10-14-26)40(37,38)28-18-16-23(3)17-19-28/h8-20,24,29H,6-7,21-22H2,1-5H3,(H,32,36)/t24-,29+/m0/s1. The number of rotatable bonds is 13. The number of amides is 2. The molecule has 8 nitrogen and oxygen atoms in total. The van der Waals surface area contributed by atoms with Gasteiger partial charge < -0.3 is 15.0 Å². The molecule has 0 unspecified atom stereocenters. The van der Waals surface area contributed by atoms with Crippen molar-refractivity contribution in [2.24, 2.45) is 0 Å². The molecule has 0 fully saturated rings. The lowest BCUT2D eigenvalue weighted by Gasteiger charge is -2.33. The number of benzene rings is 3. The molecule has 40 heavy (non-hydrogen) atoms. The second-order valence-corrected chi connectivity index (χ2v) is 11.6. The van der Waals surface area contributed by atoms with Crippen LogP contribution >= 0.6 is 0 Å². The Morgan fingerprint density at radius 1 is 0.925 bits per heavy atom. The first-order chi connectivity index (χ1) is 19.1. The van der Waals surface area contributed by atoms with Crippen LogP contribution in [0.4, 0.5) is 5.69 Å².